The molecule has 9 rings (SSSR count). The Balaban J connectivity index is 0.922. The number of β-amino-alcohol motifs (C(OH)–C–C–N with tert-alkyl or cyclic N) is 1. The molecular formula is C49H52ClFN8O7S2. The summed E-state index contributed by atoms with van der Waals surface area (Å²) in [5, 5.41) is 29.6. The smallest absolute Gasteiger partial charge is 0.293 e. The normalized spacial score (nSPS) is 19.3. The lowest BCUT2D eigenvalue weighted by Gasteiger charge is -2.39. The van der Waals surface area contributed by atoms with Crippen LogP contribution < -0.4 is 19.7 Å². The Hall–Kier alpha value is -5.89. The number of piperidine rings is 1. The number of nitro benzene ring substituents is 1. The average molecular weight is 984 g/mol. The lowest BCUT2D eigenvalue weighted by molar-refractivity contribution is -0.384. The monoisotopic (exact) mass is 982 g/mol. The Bertz CT molecular complexity index is 2980. The first-order valence-corrected chi connectivity index (χ1v) is 25.3. The number of hydrogen-bond donors (Lipinski definition) is 4. The number of nitrogens with zero attached hydrogens (tertiary/aromatic N) is 5. The highest BCUT2D eigenvalue weighted by Crippen LogP contribution is 2.44. The Morgan fingerprint density at radius 1 is 1.01 bits per heavy atom. The van der Waals surface area contributed by atoms with Crippen LogP contribution in [0.2, 0.25) is 5.02 Å². The number of amides is 1. The van der Waals surface area contributed by atoms with Gasteiger partial charge in [0.15, 0.2) is 11.6 Å². The van der Waals surface area contributed by atoms with Gasteiger partial charge in [-0.2, -0.15) is 0 Å². The zero-order valence-electron chi connectivity index (χ0n) is 37.6. The molecule has 0 spiro atoms. The Labute approximate surface area is 402 Å². The van der Waals surface area contributed by atoms with Crippen molar-refractivity contribution in [3.8, 4) is 11.5 Å². The van der Waals surface area contributed by atoms with Crippen LogP contribution in [-0.4, -0.2) is 102 Å². The fourth-order valence-electron chi connectivity index (χ4n) is 9.37. The third-order valence-corrected chi connectivity index (χ3v) is 15.4. The molecular weight excluding hydrogens is 931 g/mol. The van der Waals surface area contributed by atoms with Crippen molar-refractivity contribution in [2.24, 2.45) is 5.41 Å². The summed E-state index contributed by atoms with van der Waals surface area (Å²) in [5.41, 5.74) is 7.32. The highest BCUT2D eigenvalue weighted by molar-refractivity contribution is 7.90. The van der Waals surface area contributed by atoms with Gasteiger partial charge in [-0.1, -0.05) is 43.2 Å². The van der Waals surface area contributed by atoms with Crippen LogP contribution in [0.25, 0.3) is 16.5 Å². The molecule has 4 heterocycles. The van der Waals surface area contributed by atoms with Gasteiger partial charge >= 0.3 is 0 Å². The first-order valence-electron chi connectivity index (χ1n) is 22.5. The van der Waals surface area contributed by atoms with Crippen LogP contribution in [0.5, 0.6) is 11.5 Å². The summed E-state index contributed by atoms with van der Waals surface area (Å²) in [7, 11) is -4.71. The molecule has 4 N–H and O–H groups in total. The fourth-order valence-corrected chi connectivity index (χ4v) is 11.0. The van der Waals surface area contributed by atoms with E-state index in [1.165, 1.54) is 52.3 Å². The summed E-state index contributed by atoms with van der Waals surface area (Å²) in [6, 6.07) is 20.1. The maximum atomic E-state index is 15.5. The van der Waals surface area contributed by atoms with Crippen molar-refractivity contribution < 1.29 is 32.4 Å². The molecule has 2 saturated heterocycles. The second-order valence-corrected chi connectivity index (χ2v) is 21.4. The molecule has 356 valence electrons. The van der Waals surface area contributed by atoms with Gasteiger partial charge in [0.25, 0.3) is 21.6 Å². The van der Waals surface area contributed by atoms with Crippen LogP contribution in [0.4, 0.5) is 21.5 Å². The van der Waals surface area contributed by atoms with Crippen LogP contribution in [0.1, 0.15) is 61.1 Å². The summed E-state index contributed by atoms with van der Waals surface area (Å²) >= 11 is 7.73. The quantitative estimate of drug-likeness (QED) is 0.0600. The number of aromatic nitrogens is 2. The molecule has 4 aromatic carbocycles. The van der Waals surface area contributed by atoms with Crippen molar-refractivity contribution in [3.63, 3.8) is 0 Å². The van der Waals surface area contributed by atoms with Crippen molar-refractivity contribution in [2.75, 3.05) is 56.0 Å². The Morgan fingerprint density at radius 3 is 2.54 bits per heavy atom. The Kier molecular flexibility index (Phi) is 13.6. The van der Waals surface area contributed by atoms with Crippen molar-refractivity contribution in [1.82, 2.24) is 24.5 Å². The van der Waals surface area contributed by atoms with E-state index in [1.54, 1.807) is 29.9 Å². The van der Waals surface area contributed by atoms with E-state index in [1.807, 2.05) is 27.1 Å². The predicted molar refractivity (Wildman–Crippen MR) is 263 cm³/mol. The minimum Gasteiger partial charge on any atom is -0.453 e. The number of benzene rings is 4. The van der Waals surface area contributed by atoms with Gasteiger partial charge in [0, 0.05) is 104 Å². The van der Waals surface area contributed by atoms with E-state index in [0.717, 1.165) is 56.7 Å². The van der Waals surface area contributed by atoms with Gasteiger partial charge in [0.1, 0.15) is 11.4 Å². The number of aliphatic hydroxyl groups is 1. The number of nitrogens with one attached hydrogen (secondary N) is 3. The maximum Gasteiger partial charge on any atom is 0.293 e. The number of H-pyrrole nitrogens is 1. The van der Waals surface area contributed by atoms with Gasteiger partial charge in [-0.05, 0) is 90.8 Å². The second kappa shape index (κ2) is 19.6. The maximum absolute atomic E-state index is 15.5. The molecule has 0 unspecified atom stereocenters. The molecule has 6 aromatic rings. The molecule has 0 radical (unpaired) electrons. The van der Waals surface area contributed by atoms with Gasteiger partial charge in [-0.3, -0.25) is 24.7 Å². The number of hydrogen-bond acceptors (Lipinski definition) is 13. The van der Waals surface area contributed by atoms with Crippen molar-refractivity contribution in [2.45, 2.75) is 63.1 Å². The molecule has 68 heavy (non-hydrogen) atoms. The van der Waals surface area contributed by atoms with Gasteiger partial charge in [0.05, 0.1) is 38.7 Å². The summed E-state index contributed by atoms with van der Waals surface area (Å²) < 4.78 is 51.4. The number of nitro groups is 1. The van der Waals surface area contributed by atoms with Crippen LogP contribution in [0.15, 0.2) is 106 Å². The summed E-state index contributed by atoms with van der Waals surface area (Å²) in [4.78, 5) is 39.0. The van der Waals surface area contributed by atoms with Crippen LogP contribution in [0, 0.1) is 21.3 Å². The number of carbonyl (C=O) groups is 1. The first-order chi connectivity index (χ1) is 32.6. The lowest BCUT2D eigenvalue weighted by Crippen LogP contribution is -2.49. The summed E-state index contributed by atoms with van der Waals surface area (Å²) in [6.45, 7) is 9.73. The van der Waals surface area contributed by atoms with Crippen LogP contribution in [-0.2, 0) is 16.6 Å². The molecule has 15 nitrogen and oxygen atoms in total. The summed E-state index contributed by atoms with van der Waals surface area (Å²) in [6.07, 6.45) is 4.35. The molecule has 0 saturated carbocycles. The molecule has 2 atom stereocenters. The summed E-state index contributed by atoms with van der Waals surface area (Å²) in [5.74, 6) is -2.05. The zero-order valence-corrected chi connectivity index (χ0v) is 40.0. The number of carbonyl (C=O) groups excluding carboxylic acids is 1. The van der Waals surface area contributed by atoms with E-state index in [9.17, 15) is 28.4 Å². The molecule has 19 heteroatoms. The zero-order chi connectivity index (χ0) is 47.7. The number of rotatable bonds is 14. The van der Waals surface area contributed by atoms with Crippen molar-refractivity contribution in [3.05, 3.63) is 139 Å². The topological polar surface area (TPSA) is 186 Å². The standard InChI is InChI=1S/C49H52ClFN8O7S2/c1-49(2)14-11-33(39(25-49)31-3-5-34(50)6-4-31)26-56-17-19-58(20-18-56)36-7-9-38(46(22-36)66-47-21-32-12-15-52-43(32)24-40(47)51)48(61)55-68(64,65)37-8-10-41(44(23-37)59(62)63)54-42-13-16-57(28-45(42)60)27-35-29-67-30-53-35/h3-10,12,15,21-24,29-30,42,45,52,54,60H,11,13-14,16-20,25-28H2,1-2H3,(H,55,61)/t42-,45+/m0/s1. The minimum atomic E-state index is -4.71. The number of aliphatic hydroxyl groups excluding tert-OH is 1. The van der Waals surface area contributed by atoms with Gasteiger partial charge in [-0.15, -0.1) is 11.3 Å². The van der Waals surface area contributed by atoms with Gasteiger partial charge < -0.3 is 25.0 Å². The highest BCUT2D eigenvalue weighted by atomic mass is 35.5. The second-order valence-electron chi connectivity index (χ2n) is 18.5. The first kappa shape index (κ1) is 47.2. The molecule has 0 bridgehead atoms. The SMILES string of the molecule is CC1(C)CCC(CN2CCN(c3ccc(C(=O)NS(=O)(=O)c4ccc(N[C@H]5CCN(Cc6cscn6)C[C@H]5O)c([N+](=O)[O-])c4)c(Oc4cc5cc[nH]c5cc4F)c3)CC2)=C(c2ccc(Cl)cc2)C1. The largest absolute Gasteiger partial charge is 0.453 e. The number of halogens is 2. The van der Waals surface area contributed by atoms with Gasteiger partial charge in [0.2, 0.25) is 0 Å². The number of allylic oxidation sites excluding steroid dienone is 1. The van der Waals surface area contributed by atoms with Crippen LogP contribution >= 0.6 is 22.9 Å². The van der Waals surface area contributed by atoms with E-state index < -0.39 is 49.4 Å². The predicted octanol–water partition coefficient (Wildman–Crippen LogP) is 9.07. The number of fused-ring (bicyclic) bond motifs is 1. The van der Waals surface area contributed by atoms with E-state index in [0.29, 0.717) is 60.8 Å². The molecule has 1 aliphatic carbocycles. The third-order valence-electron chi connectivity index (χ3n) is 13.1. The van der Waals surface area contributed by atoms with Gasteiger partial charge in [-0.25, -0.2) is 22.5 Å². The third kappa shape index (κ3) is 10.7. The lowest BCUT2D eigenvalue weighted by atomic mass is 9.72. The molecule has 3 aliphatic rings. The van der Waals surface area contributed by atoms with Crippen molar-refractivity contribution in [1.29, 1.82) is 0 Å². The molecule has 2 aliphatic heterocycles. The van der Waals surface area contributed by atoms with Crippen molar-refractivity contribution >= 4 is 72.4 Å². The number of sulfonamides is 1. The molecule has 2 aromatic heterocycles. The van der Waals surface area contributed by atoms with E-state index >= 15 is 4.39 Å². The van der Waals surface area contributed by atoms with E-state index in [4.69, 9.17) is 16.3 Å². The van der Waals surface area contributed by atoms with Crippen LogP contribution in [0.3, 0.4) is 0 Å². The number of piperazine rings is 1. The molecule has 2 fully saturated rings. The number of likely N-dealkylation sites (tertiary alicyclic amines) is 1. The number of thiazole rings is 1. The number of anilines is 2. The Morgan fingerprint density at radius 2 is 1.81 bits per heavy atom. The number of aromatic amines is 1. The highest BCUT2D eigenvalue weighted by Gasteiger charge is 2.33. The number of ether oxygens (including phenoxy) is 1. The average Bonchev–Trinajstić information content (AvgIpc) is 4.00. The van der Waals surface area contributed by atoms with E-state index in [-0.39, 0.29) is 28.2 Å². The minimum absolute atomic E-state index is 0.0172. The molecule has 1 amide bonds. The fraction of sp³-hybridized carbons (Fsp3) is 0.347. The van der Waals surface area contributed by atoms with E-state index in [2.05, 4.69) is 51.1 Å².